The highest BCUT2D eigenvalue weighted by Gasteiger charge is 2.17. The molecule has 1 saturated heterocycles. The van der Waals surface area contributed by atoms with E-state index in [4.69, 9.17) is 9.26 Å². The number of hydrogen-bond acceptors (Lipinski definition) is 8. The Morgan fingerprint density at radius 3 is 2.95 bits per heavy atom. The van der Waals surface area contributed by atoms with Crippen LogP contribution in [0.2, 0.25) is 0 Å². The molecule has 0 aromatic carbocycles. The van der Waals surface area contributed by atoms with Crippen molar-refractivity contribution >= 4 is 39.0 Å². The number of fused-ring (bicyclic) bond motifs is 1. The van der Waals surface area contributed by atoms with Crippen LogP contribution in [0.4, 0.5) is 17.5 Å². The van der Waals surface area contributed by atoms with E-state index in [0.717, 1.165) is 47.8 Å². The van der Waals surface area contributed by atoms with Crippen LogP contribution in [0.25, 0.3) is 10.2 Å². The molecular weight excluding hydrogens is 302 g/mol. The summed E-state index contributed by atoms with van der Waals surface area (Å²) >= 11 is 1.64. The van der Waals surface area contributed by atoms with Gasteiger partial charge in [0.05, 0.1) is 16.4 Å². The summed E-state index contributed by atoms with van der Waals surface area (Å²) in [5.74, 6) is 1.40. The van der Waals surface area contributed by atoms with Gasteiger partial charge in [0.1, 0.15) is 17.8 Å². The molecule has 2 N–H and O–H groups in total. The van der Waals surface area contributed by atoms with Gasteiger partial charge in [-0.15, -0.1) is 11.3 Å². The van der Waals surface area contributed by atoms with Crippen LogP contribution >= 0.6 is 11.3 Å². The maximum atomic E-state index is 5.40. The predicted octanol–water partition coefficient (Wildman–Crippen LogP) is 3.01. The van der Waals surface area contributed by atoms with Crippen LogP contribution in [0, 0.1) is 0 Å². The number of rotatable bonds is 4. The van der Waals surface area contributed by atoms with Crippen LogP contribution < -0.4 is 10.6 Å². The van der Waals surface area contributed by atoms with Gasteiger partial charge in [-0.05, 0) is 24.3 Å². The second-order valence-corrected chi connectivity index (χ2v) is 6.02. The van der Waals surface area contributed by atoms with Crippen molar-refractivity contribution in [2.45, 2.75) is 18.9 Å². The van der Waals surface area contributed by atoms with Crippen LogP contribution in [-0.4, -0.2) is 34.4 Å². The molecule has 0 aliphatic carbocycles. The first kappa shape index (κ1) is 13.5. The summed E-state index contributed by atoms with van der Waals surface area (Å²) in [7, 11) is 0. The van der Waals surface area contributed by atoms with E-state index in [-0.39, 0.29) is 0 Å². The van der Waals surface area contributed by atoms with Crippen molar-refractivity contribution in [3.8, 4) is 0 Å². The lowest BCUT2D eigenvalue weighted by Gasteiger charge is -2.24. The molecule has 4 heterocycles. The second-order valence-electron chi connectivity index (χ2n) is 5.10. The van der Waals surface area contributed by atoms with E-state index in [1.54, 1.807) is 17.5 Å². The van der Waals surface area contributed by atoms with Crippen LogP contribution in [-0.2, 0) is 4.74 Å². The number of hydrogen-bond donors (Lipinski definition) is 2. The molecule has 114 valence electrons. The summed E-state index contributed by atoms with van der Waals surface area (Å²) in [6.45, 7) is 1.59. The first-order chi connectivity index (χ1) is 10.9. The number of nitrogens with one attached hydrogen (secondary N) is 2. The van der Waals surface area contributed by atoms with Gasteiger partial charge >= 0.3 is 0 Å². The monoisotopic (exact) mass is 317 g/mol. The quantitative estimate of drug-likeness (QED) is 0.765. The highest BCUT2D eigenvalue weighted by Crippen LogP contribution is 2.29. The zero-order chi connectivity index (χ0) is 14.8. The third-order valence-electron chi connectivity index (χ3n) is 3.55. The van der Waals surface area contributed by atoms with Crippen molar-refractivity contribution in [2.75, 3.05) is 23.8 Å². The maximum Gasteiger partial charge on any atom is 0.229 e. The molecule has 1 aliphatic heterocycles. The van der Waals surface area contributed by atoms with Gasteiger partial charge < -0.3 is 19.9 Å². The van der Waals surface area contributed by atoms with Crippen LogP contribution in [0.5, 0.6) is 0 Å². The predicted molar refractivity (Wildman–Crippen MR) is 84.7 cm³/mol. The molecule has 22 heavy (non-hydrogen) atoms. The van der Waals surface area contributed by atoms with E-state index < -0.39 is 0 Å². The number of aromatic nitrogens is 3. The van der Waals surface area contributed by atoms with Gasteiger partial charge in [0.25, 0.3) is 0 Å². The summed E-state index contributed by atoms with van der Waals surface area (Å²) < 4.78 is 11.3. The minimum Gasteiger partial charge on any atom is -0.381 e. The van der Waals surface area contributed by atoms with E-state index in [2.05, 4.69) is 25.8 Å². The smallest absolute Gasteiger partial charge is 0.229 e. The Labute approximate surface area is 130 Å². The number of thiophene rings is 1. The maximum absolute atomic E-state index is 5.40. The second kappa shape index (κ2) is 5.90. The average molecular weight is 317 g/mol. The van der Waals surface area contributed by atoms with E-state index >= 15 is 0 Å². The lowest BCUT2D eigenvalue weighted by Crippen LogP contribution is -2.28. The third kappa shape index (κ3) is 2.75. The molecule has 0 saturated carbocycles. The normalized spacial score (nSPS) is 16.0. The van der Waals surface area contributed by atoms with Crippen molar-refractivity contribution in [1.82, 2.24) is 15.1 Å². The summed E-state index contributed by atoms with van der Waals surface area (Å²) in [6.07, 6.45) is 5.09. The first-order valence-electron chi connectivity index (χ1n) is 7.14. The van der Waals surface area contributed by atoms with Gasteiger partial charge in [-0.25, -0.2) is 4.98 Å². The topological polar surface area (TPSA) is 85.1 Å². The molecule has 3 aromatic heterocycles. The third-order valence-corrected chi connectivity index (χ3v) is 4.46. The molecule has 4 rings (SSSR count). The van der Waals surface area contributed by atoms with E-state index in [1.807, 2.05) is 11.4 Å². The van der Waals surface area contributed by atoms with Crippen molar-refractivity contribution in [3.63, 3.8) is 0 Å². The van der Waals surface area contributed by atoms with Gasteiger partial charge in [0, 0.05) is 19.3 Å². The Kier molecular flexibility index (Phi) is 3.61. The van der Waals surface area contributed by atoms with Crippen molar-refractivity contribution in [3.05, 3.63) is 23.9 Å². The molecule has 0 spiro atoms. The summed E-state index contributed by atoms with van der Waals surface area (Å²) in [4.78, 5) is 9.13. The minimum atomic E-state index is 0.386. The van der Waals surface area contributed by atoms with E-state index in [9.17, 15) is 0 Å². The van der Waals surface area contributed by atoms with E-state index in [1.165, 1.54) is 6.26 Å². The Morgan fingerprint density at radius 1 is 1.23 bits per heavy atom. The molecule has 0 bridgehead atoms. The van der Waals surface area contributed by atoms with Gasteiger partial charge in [-0.1, -0.05) is 5.16 Å². The lowest BCUT2D eigenvalue weighted by atomic mass is 10.1. The summed E-state index contributed by atoms with van der Waals surface area (Å²) in [5, 5.41) is 12.3. The molecule has 0 atom stereocenters. The van der Waals surface area contributed by atoms with Crippen molar-refractivity contribution in [1.29, 1.82) is 0 Å². The average Bonchev–Trinajstić information content (AvgIpc) is 3.20. The van der Waals surface area contributed by atoms with Crippen LogP contribution in [0.3, 0.4) is 0 Å². The SMILES string of the molecule is c1cc2nc(Nc3cnoc3)nc(NC3CCOCC3)c2s1. The van der Waals surface area contributed by atoms with Gasteiger partial charge in [0.2, 0.25) is 5.95 Å². The number of anilines is 3. The Balaban J connectivity index is 1.64. The molecule has 7 nitrogen and oxygen atoms in total. The summed E-state index contributed by atoms with van der Waals surface area (Å²) in [5.41, 5.74) is 1.65. The number of ether oxygens (including phenoxy) is 1. The molecule has 1 aliphatic rings. The fourth-order valence-corrected chi connectivity index (χ4v) is 3.23. The van der Waals surface area contributed by atoms with Gasteiger partial charge in [-0.2, -0.15) is 4.98 Å². The standard InChI is InChI=1S/C14H15N5O2S/c1-4-20-5-2-9(1)16-13-12-11(3-6-22-12)18-14(19-13)17-10-7-15-21-8-10/h3,6-9H,1-2,4-5H2,(H2,16,17,18,19). The molecule has 1 fully saturated rings. The highest BCUT2D eigenvalue weighted by atomic mass is 32.1. The first-order valence-corrected chi connectivity index (χ1v) is 8.02. The van der Waals surface area contributed by atoms with E-state index in [0.29, 0.717) is 12.0 Å². The highest BCUT2D eigenvalue weighted by molar-refractivity contribution is 7.17. The van der Waals surface area contributed by atoms with Crippen molar-refractivity contribution in [2.24, 2.45) is 0 Å². The van der Waals surface area contributed by atoms with Crippen LogP contribution in [0.15, 0.2) is 28.4 Å². The number of nitrogens with zero attached hydrogens (tertiary/aromatic N) is 3. The fourth-order valence-electron chi connectivity index (χ4n) is 2.45. The molecular formula is C14H15N5O2S. The Morgan fingerprint density at radius 2 is 2.14 bits per heavy atom. The van der Waals surface area contributed by atoms with Crippen molar-refractivity contribution < 1.29 is 9.26 Å². The Bertz CT molecular complexity index is 752. The lowest BCUT2D eigenvalue weighted by molar-refractivity contribution is 0.0904. The van der Waals surface area contributed by atoms with Gasteiger partial charge in [-0.3, -0.25) is 0 Å². The Hall–Kier alpha value is -2.19. The molecule has 0 radical (unpaired) electrons. The van der Waals surface area contributed by atoms with Gasteiger partial charge in [0.15, 0.2) is 0 Å². The minimum absolute atomic E-state index is 0.386. The zero-order valence-electron chi connectivity index (χ0n) is 11.8. The zero-order valence-corrected chi connectivity index (χ0v) is 12.6. The summed E-state index contributed by atoms with van der Waals surface area (Å²) in [6, 6.07) is 2.38. The largest absolute Gasteiger partial charge is 0.381 e. The molecule has 3 aromatic rings. The molecule has 8 heteroatoms. The molecule has 0 unspecified atom stereocenters. The fraction of sp³-hybridized carbons (Fsp3) is 0.357. The van der Waals surface area contributed by atoms with Crippen LogP contribution in [0.1, 0.15) is 12.8 Å². The molecule has 0 amide bonds.